The van der Waals surface area contributed by atoms with E-state index in [-0.39, 0.29) is 18.4 Å². The lowest BCUT2D eigenvalue weighted by Gasteiger charge is -2.18. The van der Waals surface area contributed by atoms with Crippen molar-refractivity contribution in [2.45, 2.75) is 12.8 Å². The number of carbonyl (C=O) groups is 1. The van der Waals surface area contributed by atoms with Gasteiger partial charge in [0.25, 0.3) is 0 Å². The van der Waals surface area contributed by atoms with Gasteiger partial charge < -0.3 is 15.2 Å². The smallest absolute Gasteiger partial charge is 0.216 e. The van der Waals surface area contributed by atoms with E-state index in [9.17, 15) is 9.90 Å². The summed E-state index contributed by atoms with van der Waals surface area (Å²) in [7, 11) is 1.63. The highest BCUT2D eigenvalue weighted by Crippen LogP contribution is 2.32. The maximum absolute atomic E-state index is 11.1. The minimum atomic E-state index is -0.166. The second kappa shape index (κ2) is 6.91. The number of aliphatic hydroxyl groups is 1. The number of hydrogen-bond donors (Lipinski definition) is 2. The molecule has 2 N–H and O–H groups in total. The van der Waals surface area contributed by atoms with E-state index >= 15 is 0 Å². The second-order valence-electron chi connectivity index (χ2n) is 4.90. The number of aliphatic hydroxyl groups excluding tert-OH is 1. The van der Waals surface area contributed by atoms with Gasteiger partial charge in [0.2, 0.25) is 5.91 Å². The lowest BCUT2D eigenvalue weighted by Crippen LogP contribution is -2.27. The van der Waals surface area contributed by atoms with Gasteiger partial charge in [0.1, 0.15) is 5.75 Å². The third-order valence-electron chi connectivity index (χ3n) is 3.42. The van der Waals surface area contributed by atoms with Crippen molar-refractivity contribution in [1.29, 1.82) is 0 Å². The molecular formula is C16H18BrNO3. The standard InChI is InChI=1S/C16H18BrNO3/c1-10(20)18-8-12(9-19)15-6-13(17)5-11-3-4-14(21-2)7-16(11)15/h3-7,12,19H,8-9H2,1-2H3,(H,18,20). The van der Waals surface area contributed by atoms with E-state index in [4.69, 9.17) is 4.74 Å². The number of benzene rings is 2. The summed E-state index contributed by atoms with van der Waals surface area (Å²) in [5, 5.41) is 14.5. The summed E-state index contributed by atoms with van der Waals surface area (Å²) in [6.45, 7) is 1.83. The van der Waals surface area contributed by atoms with Gasteiger partial charge in [-0.1, -0.05) is 22.0 Å². The molecule has 0 aliphatic carbocycles. The average molecular weight is 352 g/mol. The molecule has 2 rings (SSSR count). The predicted octanol–water partition coefficient (Wildman–Crippen LogP) is 2.82. The zero-order valence-corrected chi connectivity index (χ0v) is 13.6. The van der Waals surface area contributed by atoms with Gasteiger partial charge in [-0.05, 0) is 40.6 Å². The monoisotopic (exact) mass is 351 g/mol. The molecule has 0 bridgehead atoms. The summed E-state index contributed by atoms with van der Waals surface area (Å²) < 4.78 is 6.22. The van der Waals surface area contributed by atoms with Crippen LogP contribution in [0.4, 0.5) is 0 Å². The predicted molar refractivity (Wildman–Crippen MR) is 86.7 cm³/mol. The van der Waals surface area contributed by atoms with E-state index in [1.165, 1.54) is 6.92 Å². The van der Waals surface area contributed by atoms with Gasteiger partial charge in [-0.15, -0.1) is 0 Å². The third-order valence-corrected chi connectivity index (χ3v) is 3.87. The van der Waals surface area contributed by atoms with E-state index < -0.39 is 0 Å². The Labute approximate surface area is 132 Å². The van der Waals surface area contributed by atoms with Gasteiger partial charge in [-0.25, -0.2) is 0 Å². The largest absolute Gasteiger partial charge is 0.497 e. The Morgan fingerprint density at radius 2 is 2.14 bits per heavy atom. The van der Waals surface area contributed by atoms with Crippen LogP contribution in [-0.2, 0) is 4.79 Å². The minimum Gasteiger partial charge on any atom is -0.497 e. The summed E-state index contributed by atoms with van der Waals surface area (Å²) >= 11 is 3.50. The first-order chi connectivity index (χ1) is 10.0. The normalized spacial score (nSPS) is 12.2. The lowest BCUT2D eigenvalue weighted by molar-refractivity contribution is -0.119. The number of amides is 1. The van der Waals surface area contributed by atoms with Crippen molar-refractivity contribution in [2.24, 2.45) is 0 Å². The highest BCUT2D eigenvalue weighted by atomic mass is 79.9. The maximum atomic E-state index is 11.1. The fourth-order valence-corrected chi connectivity index (χ4v) is 2.83. The molecule has 0 saturated carbocycles. The first-order valence-corrected chi connectivity index (χ1v) is 7.47. The fourth-order valence-electron chi connectivity index (χ4n) is 2.33. The number of nitrogens with one attached hydrogen (secondary N) is 1. The van der Waals surface area contributed by atoms with Crippen LogP contribution in [0.25, 0.3) is 10.8 Å². The molecule has 4 nitrogen and oxygen atoms in total. The van der Waals surface area contributed by atoms with Crippen LogP contribution >= 0.6 is 15.9 Å². The van der Waals surface area contributed by atoms with Crippen LogP contribution in [0.15, 0.2) is 34.8 Å². The summed E-state index contributed by atoms with van der Waals surface area (Å²) in [5.74, 6) is 0.494. The number of fused-ring (bicyclic) bond motifs is 1. The summed E-state index contributed by atoms with van der Waals surface area (Å²) in [6, 6.07) is 9.83. The SMILES string of the molecule is COc1ccc2cc(Br)cc(C(CO)CNC(C)=O)c2c1. The first-order valence-electron chi connectivity index (χ1n) is 6.67. The Bertz CT molecular complexity index is 657. The summed E-state index contributed by atoms with van der Waals surface area (Å²) in [6.07, 6.45) is 0. The van der Waals surface area contributed by atoms with Gasteiger partial charge in [0, 0.05) is 23.9 Å². The topological polar surface area (TPSA) is 58.6 Å². The van der Waals surface area contributed by atoms with Crippen LogP contribution in [0, 0.1) is 0 Å². The first kappa shape index (κ1) is 15.8. The highest BCUT2D eigenvalue weighted by Gasteiger charge is 2.15. The average Bonchev–Trinajstić information content (AvgIpc) is 2.46. The van der Waals surface area contributed by atoms with E-state index in [0.717, 1.165) is 26.6 Å². The van der Waals surface area contributed by atoms with Crippen LogP contribution in [0.5, 0.6) is 5.75 Å². The molecule has 5 heteroatoms. The molecule has 1 unspecified atom stereocenters. The zero-order chi connectivity index (χ0) is 15.4. The Morgan fingerprint density at radius 1 is 1.38 bits per heavy atom. The number of ether oxygens (including phenoxy) is 1. The molecule has 1 atom stereocenters. The maximum Gasteiger partial charge on any atom is 0.216 e. The van der Waals surface area contributed by atoms with E-state index in [0.29, 0.717) is 6.54 Å². The zero-order valence-electron chi connectivity index (χ0n) is 12.0. The fraction of sp³-hybridized carbons (Fsp3) is 0.312. The molecule has 0 heterocycles. The number of hydrogen-bond acceptors (Lipinski definition) is 3. The van der Waals surface area contributed by atoms with Crippen LogP contribution in [0.1, 0.15) is 18.4 Å². The second-order valence-corrected chi connectivity index (χ2v) is 5.81. The molecule has 0 fully saturated rings. The highest BCUT2D eigenvalue weighted by molar-refractivity contribution is 9.10. The quantitative estimate of drug-likeness (QED) is 0.870. The molecular weight excluding hydrogens is 334 g/mol. The van der Waals surface area contributed by atoms with Crippen LogP contribution in [-0.4, -0.2) is 31.3 Å². The molecule has 2 aromatic carbocycles. The molecule has 0 radical (unpaired) electrons. The van der Waals surface area contributed by atoms with Crippen molar-refractivity contribution in [3.8, 4) is 5.75 Å². The minimum absolute atomic E-state index is 0.0386. The molecule has 0 aromatic heterocycles. The summed E-state index contributed by atoms with van der Waals surface area (Å²) in [5.41, 5.74) is 0.981. The Morgan fingerprint density at radius 3 is 2.76 bits per heavy atom. The van der Waals surface area contributed by atoms with E-state index in [1.54, 1.807) is 7.11 Å². The number of carbonyl (C=O) groups excluding carboxylic acids is 1. The third kappa shape index (κ3) is 3.74. The van der Waals surface area contributed by atoms with Crippen LogP contribution < -0.4 is 10.1 Å². The van der Waals surface area contributed by atoms with Gasteiger partial charge in [-0.2, -0.15) is 0 Å². The molecule has 0 aliphatic rings. The van der Waals surface area contributed by atoms with Crippen molar-refractivity contribution in [2.75, 3.05) is 20.3 Å². The van der Waals surface area contributed by atoms with Crippen molar-refractivity contribution in [3.63, 3.8) is 0 Å². The van der Waals surface area contributed by atoms with Gasteiger partial charge in [0.15, 0.2) is 0 Å². The van der Waals surface area contributed by atoms with Gasteiger partial charge in [0.05, 0.1) is 13.7 Å². The van der Waals surface area contributed by atoms with Crippen molar-refractivity contribution in [1.82, 2.24) is 5.32 Å². The van der Waals surface area contributed by atoms with Crippen molar-refractivity contribution < 1.29 is 14.6 Å². The lowest BCUT2D eigenvalue weighted by atomic mass is 9.93. The van der Waals surface area contributed by atoms with Crippen LogP contribution in [0.2, 0.25) is 0 Å². The number of halogens is 1. The van der Waals surface area contributed by atoms with Gasteiger partial charge >= 0.3 is 0 Å². The Balaban J connectivity index is 2.50. The van der Waals surface area contributed by atoms with Gasteiger partial charge in [-0.3, -0.25) is 4.79 Å². The summed E-state index contributed by atoms with van der Waals surface area (Å²) in [4.78, 5) is 11.1. The number of rotatable bonds is 5. The van der Waals surface area contributed by atoms with Crippen LogP contribution in [0.3, 0.4) is 0 Å². The molecule has 0 spiro atoms. The Hall–Kier alpha value is -1.59. The number of methoxy groups -OCH3 is 1. The van der Waals surface area contributed by atoms with E-state index in [2.05, 4.69) is 21.2 Å². The van der Waals surface area contributed by atoms with Crippen molar-refractivity contribution >= 4 is 32.6 Å². The molecule has 0 aliphatic heterocycles. The Kier molecular flexibility index (Phi) is 5.20. The molecule has 2 aromatic rings. The molecule has 1 amide bonds. The van der Waals surface area contributed by atoms with E-state index in [1.807, 2.05) is 30.3 Å². The molecule has 21 heavy (non-hydrogen) atoms. The van der Waals surface area contributed by atoms with Crippen molar-refractivity contribution in [3.05, 3.63) is 40.4 Å². The molecule has 112 valence electrons. The molecule has 0 saturated heterocycles.